The van der Waals surface area contributed by atoms with E-state index in [4.69, 9.17) is 22.7 Å². The molecule has 0 radical (unpaired) electrons. The summed E-state index contributed by atoms with van der Waals surface area (Å²) in [6, 6.07) is 8.20. The van der Waals surface area contributed by atoms with Crippen LogP contribution in [0.15, 0.2) is 24.3 Å². The van der Waals surface area contributed by atoms with Crippen LogP contribution in [0.5, 0.6) is 0 Å². The van der Waals surface area contributed by atoms with Crippen LogP contribution >= 0.6 is 12.2 Å². The molecule has 0 bridgehead atoms. The number of rotatable bonds is 6. The van der Waals surface area contributed by atoms with Crippen molar-refractivity contribution in [1.29, 1.82) is 0 Å². The normalized spacial score (nSPS) is 12.1. The van der Waals surface area contributed by atoms with Crippen LogP contribution in [0.4, 0.5) is 5.69 Å². The Morgan fingerprint density at radius 2 is 2.06 bits per heavy atom. The fraction of sp³-hybridized carbons (Fsp3) is 0.417. The van der Waals surface area contributed by atoms with Crippen LogP contribution < -0.4 is 11.1 Å². The molecule has 0 aromatic heterocycles. The van der Waals surface area contributed by atoms with Gasteiger partial charge in [-0.2, -0.15) is 0 Å². The second-order valence-electron chi connectivity index (χ2n) is 3.77. The standard InChI is InChI=1S/C12H18N2OS/c1-9(7-8-15-2)14-11-5-3-10(4-6-11)12(13)16/h3-6,9,14H,7-8H2,1-2H3,(H2,13,16). The van der Waals surface area contributed by atoms with Gasteiger partial charge in [-0.25, -0.2) is 0 Å². The number of methoxy groups -OCH3 is 1. The highest BCUT2D eigenvalue weighted by atomic mass is 32.1. The van der Waals surface area contributed by atoms with E-state index < -0.39 is 0 Å². The summed E-state index contributed by atoms with van der Waals surface area (Å²) in [5.41, 5.74) is 7.49. The molecule has 3 N–H and O–H groups in total. The third-order valence-electron chi connectivity index (χ3n) is 2.34. The van der Waals surface area contributed by atoms with E-state index in [2.05, 4.69) is 12.2 Å². The van der Waals surface area contributed by atoms with Gasteiger partial charge in [0.15, 0.2) is 0 Å². The van der Waals surface area contributed by atoms with Gasteiger partial charge in [0.05, 0.1) is 0 Å². The third-order valence-corrected chi connectivity index (χ3v) is 2.57. The molecule has 1 atom stereocenters. The first kappa shape index (κ1) is 12.9. The van der Waals surface area contributed by atoms with Crippen LogP contribution in [-0.2, 0) is 4.74 Å². The highest BCUT2D eigenvalue weighted by Gasteiger charge is 2.02. The molecule has 1 aromatic carbocycles. The Morgan fingerprint density at radius 3 is 2.56 bits per heavy atom. The molecule has 0 aliphatic rings. The predicted molar refractivity (Wildman–Crippen MR) is 71.9 cm³/mol. The number of hydrogen-bond acceptors (Lipinski definition) is 3. The van der Waals surface area contributed by atoms with E-state index in [0.717, 1.165) is 24.3 Å². The fourth-order valence-corrected chi connectivity index (χ4v) is 1.52. The predicted octanol–water partition coefficient (Wildman–Crippen LogP) is 2.16. The van der Waals surface area contributed by atoms with Crippen molar-refractivity contribution >= 4 is 22.9 Å². The van der Waals surface area contributed by atoms with Crippen molar-refractivity contribution in [1.82, 2.24) is 0 Å². The summed E-state index contributed by atoms with van der Waals surface area (Å²) in [5.74, 6) is 0. The summed E-state index contributed by atoms with van der Waals surface area (Å²) >= 11 is 4.89. The van der Waals surface area contributed by atoms with Gasteiger partial charge in [0, 0.05) is 31.0 Å². The summed E-state index contributed by atoms with van der Waals surface area (Å²) in [6.45, 7) is 2.89. The number of anilines is 1. The van der Waals surface area contributed by atoms with Gasteiger partial charge in [-0.15, -0.1) is 0 Å². The summed E-state index contributed by atoms with van der Waals surface area (Å²) in [7, 11) is 1.71. The van der Waals surface area contributed by atoms with Crippen LogP contribution in [0, 0.1) is 0 Å². The highest BCUT2D eigenvalue weighted by Crippen LogP contribution is 2.11. The zero-order valence-electron chi connectivity index (χ0n) is 9.69. The van der Waals surface area contributed by atoms with E-state index in [9.17, 15) is 0 Å². The van der Waals surface area contributed by atoms with Crippen molar-refractivity contribution in [3.8, 4) is 0 Å². The zero-order valence-corrected chi connectivity index (χ0v) is 10.5. The Hall–Kier alpha value is -1.13. The molecule has 0 amide bonds. The van der Waals surface area contributed by atoms with E-state index in [0.29, 0.717) is 11.0 Å². The molecular formula is C12H18N2OS. The molecule has 1 unspecified atom stereocenters. The maximum absolute atomic E-state index is 5.53. The lowest BCUT2D eigenvalue weighted by molar-refractivity contribution is 0.191. The minimum absolute atomic E-state index is 0.385. The lowest BCUT2D eigenvalue weighted by Gasteiger charge is -2.14. The largest absolute Gasteiger partial charge is 0.389 e. The van der Waals surface area contributed by atoms with Crippen molar-refractivity contribution in [3.63, 3.8) is 0 Å². The molecule has 0 fully saturated rings. The summed E-state index contributed by atoms with van der Waals surface area (Å²) in [4.78, 5) is 0.430. The second-order valence-corrected chi connectivity index (χ2v) is 4.21. The number of nitrogens with two attached hydrogens (primary N) is 1. The third kappa shape index (κ3) is 4.16. The van der Waals surface area contributed by atoms with Gasteiger partial charge in [-0.05, 0) is 37.6 Å². The van der Waals surface area contributed by atoms with Crippen LogP contribution in [0.1, 0.15) is 18.9 Å². The Bertz CT molecular complexity index is 337. The molecular weight excluding hydrogens is 220 g/mol. The first-order valence-corrected chi connectivity index (χ1v) is 5.69. The lowest BCUT2D eigenvalue weighted by atomic mass is 10.2. The first-order chi connectivity index (χ1) is 7.63. The SMILES string of the molecule is COCCC(C)Nc1ccc(C(N)=S)cc1. The van der Waals surface area contributed by atoms with E-state index in [1.807, 2.05) is 24.3 Å². The van der Waals surface area contributed by atoms with Crippen molar-refractivity contribution in [2.45, 2.75) is 19.4 Å². The molecule has 0 aliphatic heterocycles. The van der Waals surface area contributed by atoms with Gasteiger partial charge in [0.1, 0.15) is 4.99 Å². The van der Waals surface area contributed by atoms with E-state index in [-0.39, 0.29) is 0 Å². The molecule has 1 rings (SSSR count). The Morgan fingerprint density at radius 1 is 1.44 bits per heavy atom. The zero-order chi connectivity index (χ0) is 12.0. The average Bonchev–Trinajstić information content (AvgIpc) is 2.27. The Labute approximate surface area is 102 Å². The summed E-state index contributed by atoms with van der Waals surface area (Å²) in [5, 5.41) is 3.38. The molecule has 4 heteroatoms. The number of thiocarbonyl (C=S) groups is 1. The van der Waals surface area contributed by atoms with Gasteiger partial charge >= 0.3 is 0 Å². The van der Waals surface area contributed by atoms with Crippen molar-refractivity contribution in [2.24, 2.45) is 5.73 Å². The molecule has 0 aliphatic carbocycles. The Balaban J connectivity index is 2.51. The Kier molecular flexibility index (Phi) is 5.22. The van der Waals surface area contributed by atoms with Crippen molar-refractivity contribution < 1.29 is 4.74 Å². The number of benzene rings is 1. The minimum Gasteiger partial charge on any atom is -0.389 e. The maximum atomic E-state index is 5.53. The molecule has 0 heterocycles. The number of nitrogens with one attached hydrogen (secondary N) is 1. The number of ether oxygens (including phenoxy) is 1. The van der Waals surface area contributed by atoms with Gasteiger partial charge in [-0.1, -0.05) is 12.2 Å². The summed E-state index contributed by atoms with van der Waals surface area (Å²) in [6.07, 6.45) is 0.980. The van der Waals surface area contributed by atoms with Crippen LogP contribution in [0.3, 0.4) is 0 Å². The van der Waals surface area contributed by atoms with Crippen LogP contribution in [0.2, 0.25) is 0 Å². The molecule has 0 saturated carbocycles. The maximum Gasteiger partial charge on any atom is 0.103 e. The fourth-order valence-electron chi connectivity index (χ4n) is 1.38. The lowest BCUT2D eigenvalue weighted by Crippen LogP contribution is -2.17. The monoisotopic (exact) mass is 238 g/mol. The minimum atomic E-state index is 0.385. The quantitative estimate of drug-likeness (QED) is 0.746. The molecule has 3 nitrogen and oxygen atoms in total. The summed E-state index contributed by atoms with van der Waals surface area (Å²) < 4.78 is 5.03. The van der Waals surface area contributed by atoms with Gasteiger partial charge in [0.25, 0.3) is 0 Å². The van der Waals surface area contributed by atoms with Gasteiger partial charge in [-0.3, -0.25) is 0 Å². The topological polar surface area (TPSA) is 47.3 Å². The molecule has 0 spiro atoms. The van der Waals surface area contributed by atoms with Crippen LogP contribution in [-0.4, -0.2) is 24.7 Å². The number of hydrogen-bond donors (Lipinski definition) is 2. The van der Waals surface area contributed by atoms with Crippen molar-refractivity contribution in [2.75, 3.05) is 19.0 Å². The van der Waals surface area contributed by atoms with Gasteiger partial charge < -0.3 is 15.8 Å². The molecule has 88 valence electrons. The molecule has 1 aromatic rings. The second kappa shape index (κ2) is 6.45. The van der Waals surface area contributed by atoms with E-state index in [1.54, 1.807) is 7.11 Å². The van der Waals surface area contributed by atoms with Gasteiger partial charge in [0.2, 0.25) is 0 Å². The first-order valence-electron chi connectivity index (χ1n) is 5.29. The smallest absolute Gasteiger partial charge is 0.103 e. The highest BCUT2D eigenvalue weighted by molar-refractivity contribution is 7.80. The van der Waals surface area contributed by atoms with E-state index >= 15 is 0 Å². The average molecular weight is 238 g/mol. The molecule has 0 saturated heterocycles. The molecule has 16 heavy (non-hydrogen) atoms. The van der Waals surface area contributed by atoms with Crippen molar-refractivity contribution in [3.05, 3.63) is 29.8 Å². The van der Waals surface area contributed by atoms with Crippen LogP contribution in [0.25, 0.3) is 0 Å². The van der Waals surface area contributed by atoms with E-state index in [1.165, 1.54) is 0 Å².